The van der Waals surface area contributed by atoms with Crippen molar-refractivity contribution in [3.8, 4) is 0 Å². The predicted molar refractivity (Wildman–Crippen MR) is 57.6 cm³/mol. The van der Waals surface area contributed by atoms with Crippen LogP contribution in [0.2, 0.25) is 0 Å². The highest BCUT2D eigenvalue weighted by molar-refractivity contribution is 7.95. The van der Waals surface area contributed by atoms with Crippen molar-refractivity contribution in [2.75, 3.05) is 6.61 Å². The summed E-state index contributed by atoms with van der Waals surface area (Å²) in [5, 5.41) is 37.8. The van der Waals surface area contributed by atoms with Crippen molar-refractivity contribution < 1.29 is 29.3 Å². The molecule has 1 heterocycles. The quantitative estimate of drug-likeness (QED) is 0.471. The number of rotatable bonds is 4. The first kappa shape index (κ1) is 14.2. The van der Waals surface area contributed by atoms with Gasteiger partial charge in [0.2, 0.25) is 0 Å². The highest BCUT2D eigenvalue weighted by Crippen LogP contribution is 2.26. The second-order valence-corrected chi connectivity index (χ2v) is 5.26. The zero-order chi connectivity index (χ0) is 12.3. The van der Waals surface area contributed by atoms with Gasteiger partial charge in [0, 0.05) is 5.25 Å². The molecule has 0 saturated carbocycles. The Morgan fingerprint density at radius 3 is 2.38 bits per heavy atom. The van der Waals surface area contributed by atoms with E-state index < -0.39 is 37.3 Å². The lowest BCUT2D eigenvalue weighted by Crippen LogP contribution is -2.58. The SMILES string of the molecule is CC(C)SO[C@H]1C(O)O[C@H](CO)[C@@H](O)[C@@H]1O. The molecule has 4 N–H and O–H groups in total. The maximum atomic E-state index is 9.68. The van der Waals surface area contributed by atoms with Crippen LogP contribution in [0.15, 0.2) is 0 Å². The van der Waals surface area contributed by atoms with Gasteiger partial charge in [0.25, 0.3) is 0 Å². The monoisotopic (exact) mass is 254 g/mol. The molecule has 1 unspecified atom stereocenters. The lowest BCUT2D eigenvalue weighted by molar-refractivity contribution is -0.278. The summed E-state index contributed by atoms with van der Waals surface area (Å²) >= 11 is 1.08. The number of aliphatic hydroxyl groups excluding tert-OH is 4. The fourth-order valence-electron chi connectivity index (χ4n) is 1.35. The minimum Gasteiger partial charge on any atom is -0.394 e. The summed E-state index contributed by atoms with van der Waals surface area (Å²) in [6.45, 7) is 3.31. The molecule has 1 aliphatic heterocycles. The fourth-order valence-corrected chi connectivity index (χ4v) is 1.91. The van der Waals surface area contributed by atoms with Gasteiger partial charge in [-0.15, -0.1) is 0 Å². The summed E-state index contributed by atoms with van der Waals surface area (Å²) < 4.78 is 10.1. The van der Waals surface area contributed by atoms with E-state index in [1.165, 1.54) is 0 Å². The zero-order valence-corrected chi connectivity index (χ0v) is 10.0. The maximum absolute atomic E-state index is 9.68. The normalized spacial score (nSPS) is 40.3. The molecule has 1 rings (SSSR count). The van der Waals surface area contributed by atoms with Crippen molar-refractivity contribution in [1.29, 1.82) is 0 Å². The van der Waals surface area contributed by atoms with Gasteiger partial charge in [-0.05, 0) is 12.0 Å². The van der Waals surface area contributed by atoms with Crippen LogP contribution in [0.4, 0.5) is 0 Å². The minimum absolute atomic E-state index is 0.159. The first-order chi connectivity index (χ1) is 7.47. The molecular formula is C9H18O6S. The van der Waals surface area contributed by atoms with Crippen molar-refractivity contribution in [2.24, 2.45) is 0 Å². The van der Waals surface area contributed by atoms with Gasteiger partial charge in [0.05, 0.1) is 6.61 Å². The summed E-state index contributed by atoms with van der Waals surface area (Å²) in [7, 11) is 0. The van der Waals surface area contributed by atoms with Crippen molar-refractivity contribution in [3.63, 3.8) is 0 Å². The Balaban J connectivity index is 2.57. The molecule has 0 aromatic carbocycles. The van der Waals surface area contributed by atoms with Crippen molar-refractivity contribution in [3.05, 3.63) is 0 Å². The lowest BCUT2D eigenvalue weighted by atomic mass is 9.99. The summed E-state index contributed by atoms with van der Waals surface area (Å²) in [6.07, 6.45) is -5.93. The molecule has 6 nitrogen and oxygen atoms in total. The van der Waals surface area contributed by atoms with Crippen molar-refractivity contribution in [2.45, 2.75) is 49.8 Å². The lowest BCUT2D eigenvalue weighted by Gasteiger charge is -2.39. The van der Waals surface area contributed by atoms with Gasteiger partial charge in [0.15, 0.2) is 12.4 Å². The largest absolute Gasteiger partial charge is 0.394 e. The van der Waals surface area contributed by atoms with E-state index in [1.807, 2.05) is 13.8 Å². The van der Waals surface area contributed by atoms with Crippen LogP contribution in [0.3, 0.4) is 0 Å². The molecule has 0 amide bonds. The maximum Gasteiger partial charge on any atom is 0.185 e. The Bertz CT molecular complexity index is 214. The molecule has 1 saturated heterocycles. The standard InChI is InChI=1S/C9H18O6S/c1-4(2)16-15-8-7(12)6(11)5(3-10)14-9(8)13/h4-13H,3H2,1-2H3/t5-,6-,7+,8-,9?/m1/s1. The van der Waals surface area contributed by atoms with Gasteiger partial charge < -0.3 is 29.3 Å². The van der Waals surface area contributed by atoms with Crippen molar-refractivity contribution in [1.82, 2.24) is 0 Å². The molecule has 1 aliphatic rings. The molecule has 0 radical (unpaired) electrons. The molecule has 16 heavy (non-hydrogen) atoms. The summed E-state index contributed by atoms with van der Waals surface area (Å²) in [4.78, 5) is 0. The number of hydrogen-bond donors (Lipinski definition) is 4. The Morgan fingerprint density at radius 1 is 1.25 bits per heavy atom. The third-order valence-corrected chi connectivity index (χ3v) is 2.92. The topological polar surface area (TPSA) is 99.4 Å². The number of aliphatic hydroxyl groups is 4. The van der Waals surface area contributed by atoms with E-state index in [0.717, 1.165) is 12.0 Å². The Kier molecular flexibility index (Phi) is 5.45. The van der Waals surface area contributed by atoms with Gasteiger partial charge in [-0.2, -0.15) is 0 Å². The highest BCUT2D eigenvalue weighted by Gasteiger charge is 2.44. The van der Waals surface area contributed by atoms with Gasteiger partial charge in [0.1, 0.15) is 18.3 Å². The molecule has 96 valence electrons. The summed E-state index contributed by atoms with van der Waals surface area (Å²) in [5.41, 5.74) is 0. The molecule has 0 spiro atoms. The number of ether oxygens (including phenoxy) is 1. The van der Waals surface area contributed by atoms with Crippen LogP contribution in [0, 0.1) is 0 Å². The van der Waals surface area contributed by atoms with Crippen LogP contribution in [-0.2, 0) is 8.92 Å². The molecule has 0 aromatic heterocycles. The molecule has 5 atom stereocenters. The predicted octanol–water partition coefficient (Wildman–Crippen LogP) is -1.14. The van der Waals surface area contributed by atoms with E-state index in [9.17, 15) is 15.3 Å². The first-order valence-corrected chi connectivity index (χ1v) is 5.90. The van der Waals surface area contributed by atoms with Gasteiger partial charge in [-0.25, -0.2) is 0 Å². The first-order valence-electron chi connectivity index (χ1n) is 5.10. The van der Waals surface area contributed by atoms with E-state index >= 15 is 0 Å². The molecule has 1 fully saturated rings. The second-order valence-electron chi connectivity index (χ2n) is 3.93. The molecule has 0 aromatic rings. The second kappa shape index (κ2) is 6.15. The average molecular weight is 254 g/mol. The van der Waals surface area contributed by atoms with Crippen LogP contribution < -0.4 is 0 Å². The third kappa shape index (κ3) is 3.30. The zero-order valence-electron chi connectivity index (χ0n) is 9.18. The smallest absolute Gasteiger partial charge is 0.185 e. The summed E-state index contributed by atoms with van der Waals surface area (Å²) in [6, 6.07) is 0. The Labute approximate surface area is 98.4 Å². The van der Waals surface area contributed by atoms with E-state index in [2.05, 4.69) is 0 Å². The third-order valence-electron chi connectivity index (χ3n) is 2.20. The molecule has 0 bridgehead atoms. The van der Waals surface area contributed by atoms with Gasteiger partial charge in [-0.3, -0.25) is 0 Å². The average Bonchev–Trinajstić information content (AvgIpc) is 2.22. The van der Waals surface area contributed by atoms with Gasteiger partial charge in [-0.1, -0.05) is 13.8 Å². The molecule has 0 aliphatic carbocycles. The Hall–Kier alpha value is 0.110. The molecule has 7 heteroatoms. The number of hydrogen-bond acceptors (Lipinski definition) is 7. The van der Waals surface area contributed by atoms with E-state index in [1.54, 1.807) is 0 Å². The van der Waals surface area contributed by atoms with E-state index in [-0.39, 0.29) is 5.25 Å². The van der Waals surface area contributed by atoms with Crippen LogP contribution >= 0.6 is 12.0 Å². The van der Waals surface area contributed by atoms with Crippen LogP contribution in [0.1, 0.15) is 13.8 Å². The van der Waals surface area contributed by atoms with E-state index in [4.69, 9.17) is 14.0 Å². The van der Waals surface area contributed by atoms with Crippen LogP contribution in [-0.4, -0.2) is 63.0 Å². The Morgan fingerprint density at radius 2 is 1.88 bits per heavy atom. The highest BCUT2D eigenvalue weighted by atomic mass is 32.2. The summed E-state index contributed by atoms with van der Waals surface area (Å²) in [5.74, 6) is 0. The van der Waals surface area contributed by atoms with Gasteiger partial charge >= 0.3 is 0 Å². The minimum atomic E-state index is -1.36. The van der Waals surface area contributed by atoms with Crippen molar-refractivity contribution >= 4 is 12.0 Å². The van der Waals surface area contributed by atoms with Crippen LogP contribution in [0.5, 0.6) is 0 Å². The fraction of sp³-hybridized carbons (Fsp3) is 1.00. The van der Waals surface area contributed by atoms with Crippen LogP contribution in [0.25, 0.3) is 0 Å². The van der Waals surface area contributed by atoms with E-state index in [0.29, 0.717) is 0 Å². The molecular weight excluding hydrogens is 236 g/mol.